The third kappa shape index (κ3) is 3.96. The lowest BCUT2D eigenvalue weighted by atomic mass is 9.95. The normalized spacial score (nSPS) is 20.5. The van der Waals surface area contributed by atoms with E-state index in [9.17, 15) is 4.79 Å². The Morgan fingerprint density at radius 2 is 1.55 bits per heavy atom. The summed E-state index contributed by atoms with van der Waals surface area (Å²) in [7, 11) is 0. The van der Waals surface area contributed by atoms with Crippen LogP contribution in [0.2, 0.25) is 0 Å². The van der Waals surface area contributed by atoms with Crippen molar-refractivity contribution in [2.45, 2.75) is 63.8 Å². The minimum Gasteiger partial charge on any atom is -0.349 e. The lowest BCUT2D eigenvalue weighted by molar-refractivity contribution is 0.0927. The van der Waals surface area contributed by atoms with E-state index in [4.69, 9.17) is 0 Å². The van der Waals surface area contributed by atoms with E-state index in [-0.39, 0.29) is 5.91 Å². The van der Waals surface area contributed by atoms with Gasteiger partial charge in [0.25, 0.3) is 5.91 Å². The van der Waals surface area contributed by atoms with E-state index >= 15 is 0 Å². The Labute approximate surface area is 132 Å². The molecule has 2 fully saturated rings. The molecule has 120 valence electrons. The highest BCUT2D eigenvalue weighted by Crippen LogP contribution is 2.18. The summed E-state index contributed by atoms with van der Waals surface area (Å²) in [6.07, 6.45) is 14.2. The molecule has 0 aromatic carbocycles. The molecular formula is C17H26N4O. The van der Waals surface area contributed by atoms with Gasteiger partial charge in [0.15, 0.2) is 0 Å². The highest BCUT2D eigenvalue weighted by Gasteiger charge is 2.18. The molecule has 1 N–H and O–H groups in total. The second kappa shape index (κ2) is 7.56. The van der Waals surface area contributed by atoms with Gasteiger partial charge in [-0.2, -0.15) is 0 Å². The van der Waals surface area contributed by atoms with Crippen molar-refractivity contribution in [3.8, 4) is 0 Å². The van der Waals surface area contributed by atoms with Crippen LogP contribution in [-0.4, -0.2) is 35.0 Å². The lowest BCUT2D eigenvalue weighted by Gasteiger charge is -2.23. The zero-order valence-electron chi connectivity index (χ0n) is 13.3. The number of carbonyl (C=O) groups excluding carboxylic acids is 1. The topological polar surface area (TPSA) is 58.1 Å². The molecule has 22 heavy (non-hydrogen) atoms. The van der Waals surface area contributed by atoms with Gasteiger partial charge in [-0.05, 0) is 25.7 Å². The summed E-state index contributed by atoms with van der Waals surface area (Å²) >= 11 is 0. The monoisotopic (exact) mass is 302 g/mol. The maximum absolute atomic E-state index is 12.3. The molecular weight excluding hydrogens is 276 g/mol. The molecule has 1 aliphatic heterocycles. The molecule has 2 aliphatic rings. The van der Waals surface area contributed by atoms with Crippen LogP contribution in [0, 0.1) is 0 Å². The zero-order valence-corrected chi connectivity index (χ0v) is 13.3. The maximum atomic E-state index is 12.3. The van der Waals surface area contributed by atoms with Crippen molar-refractivity contribution in [3.05, 3.63) is 18.0 Å². The molecule has 0 atom stereocenters. The first-order chi connectivity index (χ1) is 10.8. The number of rotatable bonds is 3. The number of hydrogen-bond donors (Lipinski definition) is 1. The van der Waals surface area contributed by atoms with Crippen molar-refractivity contribution >= 4 is 11.9 Å². The van der Waals surface area contributed by atoms with Crippen molar-refractivity contribution < 1.29 is 4.79 Å². The number of hydrogen-bond acceptors (Lipinski definition) is 4. The van der Waals surface area contributed by atoms with Crippen molar-refractivity contribution in [1.29, 1.82) is 0 Å². The highest BCUT2D eigenvalue weighted by molar-refractivity contribution is 5.93. The van der Waals surface area contributed by atoms with Crippen LogP contribution < -0.4 is 10.2 Å². The molecule has 2 heterocycles. The standard InChI is InChI=1S/C17H26N4O/c22-16(20-15-8-4-3-5-9-15)14-12-18-17(19-13-14)21-10-6-1-2-7-11-21/h12-13,15H,1-11H2,(H,20,22). The summed E-state index contributed by atoms with van der Waals surface area (Å²) in [5.74, 6) is 0.727. The molecule has 1 aromatic rings. The van der Waals surface area contributed by atoms with E-state index in [1.54, 1.807) is 12.4 Å². The second-order valence-corrected chi connectivity index (χ2v) is 6.48. The van der Waals surface area contributed by atoms with Crippen molar-refractivity contribution in [2.75, 3.05) is 18.0 Å². The summed E-state index contributed by atoms with van der Waals surface area (Å²) < 4.78 is 0. The number of nitrogens with zero attached hydrogens (tertiary/aromatic N) is 3. The van der Waals surface area contributed by atoms with E-state index in [0.29, 0.717) is 11.6 Å². The minimum absolute atomic E-state index is 0.0330. The summed E-state index contributed by atoms with van der Waals surface area (Å²) in [6.45, 7) is 2.04. The fraction of sp³-hybridized carbons (Fsp3) is 0.706. The molecule has 1 amide bonds. The Hall–Kier alpha value is -1.65. The largest absolute Gasteiger partial charge is 0.349 e. The molecule has 1 aromatic heterocycles. The number of amides is 1. The van der Waals surface area contributed by atoms with Crippen LogP contribution in [0.3, 0.4) is 0 Å². The van der Waals surface area contributed by atoms with Crippen molar-refractivity contribution in [2.24, 2.45) is 0 Å². The maximum Gasteiger partial charge on any atom is 0.254 e. The quantitative estimate of drug-likeness (QED) is 0.932. The average Bonchev–Trinajstić information content (AvgIpc) is 2.85. The van der Waals surface area contributed by atoms with Crippen LogP contribution in [0.15, 0.2) is 12.4 Å². The van der Waals surface area contributed by atoms with E-state index in [0.717, 1.165) is 31.9 Å². The van der Waals surface area contributed by atoms with E-state index < -0.39 is 0 Å². The first kappa shape index (κ1) is 15.3. The molecule has 0 radical (unpaired) electrons. The fourth-order valence-corrected chi connectivity index (χ4v) is 3.39. The van der Waals surface area contributed by atoms with Crippen molar-refractivity contribution in [3.63, 3.8) is 0 Å². The van der Waals surface area contributed by atoms with E-state index in [1.807, 2.05) is 0 Å². The first-order valence-electron chi connectivity index (χ1n) is 8.71. The van der Waals surface area contributed by atoms with E-state index in [2.05, 4.69) is 20.2 Å². The molecule has 1 saturated heterocycles. The zero-order chi connectivity index (χ0) is 15.2. The average molecular weight is 302 g/mol. The highest BCUT2D eigenvalue weighted by atomic mass is 16.1. The SMILES string of the molecule is O=C(NC1CCCCC1)c1cnc(N2CCCCCC2)nc1. The van der Waals surface area contributed by atoms with Crippen LogP contribution in [0.25, 0.3) is 0 Å². The Kier molecular flexibility index (Phi) is 5.24. The molecule has 0 bridgehead atoms. The van der Waals surface area contributed by atoms with Crippen LogP contribution >= 0.6 is 0 Å². The van der Waals surface area contributed by atoms with Gasteiger partial charge in [-0.15, -0.1) is 0 Å². The van der Waals surface area contributed by atoms with Gasteiger partial charge in [-0.1, -0.05) is 32.1 Å². The Bertz CT molecular complexity index is 474. The van der Waals surface area contributed by atoms with Gasteiger partial charge in [-0.25, -0.2) is 9.97 Å². The van der Waals surface area contributed by atoms with Gasteiger partial charge in [0.2, 0.25) is 5.95 Å². The minimum atomic E-state index is -0.0330. The van der Waals surface area contributed by atoms with Gasteiger partial charge in [0, 0.05) is 31.5 Å². The Morgan fingerprint density at radius 3 is 2.18 bits per heavy atom. The van der Waals surface area contributed by atoms with Gasteiger partial charge >= 0.3 is 0 Å². The summed E-state index contributed by atoms with van der Waals surface area (Å²) in [6, 6.07) is 0.325. The summed E-state index contributed by atoms with van der Waals surface area (Å²) in [4.78, 5) is 23.3. The third-order valence-electron chi connectivity index (χ3n) is 4.73. The van der Waals surface area contributed by atoms with Crippen LogP contribution in [0.1, 0.15) is 68.1 Å². The summed E-state index contributed by atoms with van der Waals surface area (Å²) in [5.41, 5.74) is 0.573. The van der Waals surface area contributed by atoms with Gasteiger partial charge < -0.3 is 10.2 Å². The van der Waals surface area contributed by atoms with Gasteiger partial charge in [-0.3, -0.25) is 4.79 Å². The molecule has 5 nitrogen and oxygen atoms in total. The Morgan fingerprint density at radius 1 is 0.955 bits per heavy atom. The van der Waals surface area contributed by atoms with Crippen LogP contribution in [0.5, 0.6) is 0 Å². The molecule has 1 aliphatic carbocycles. The molecule has 1 saturated carbocycles. The molecule has 3 rings (SSSR count). The molecule has 0 spiro atoms. The number of carbonyl (C=O) groups is 1. The lowest BCUT2D eigenvalue weighted by Crippen LogP contribution is -2.36. The van der Waals surface area contributed by atoms with Gasteiger partial charge in [0.1, 0.15) is 0 Å². The van der Waals surface area contributed by atoms with Crippen LogP contribution in [-0.2, 0) is 0 Å². The van der Waals surface area contributed by atoms with Gasteiger partial charge in [0.05, 0.1) is 5.56 Å². The summed E-state index contributed by atoms with van der Waals surface area (Å²) in [5, 5.41) is 3.11. The van der Waals surface area contributed by atoms with Crippen LogP contribution in [0.4, 0.5) is 5.95 Å². The first-order valence-corrected chi connectivity index (χ1v) is 8.71. The molecule has 5 heteroatoms. The smallest absolute Gasteiger partial charge is 0.254 e. The predicted octanol–water partition coefficient (Wildman–Crippen LogP) is 2.92. The second-order valence-electron chi connectivity index (χ2n) is 6.48. The number of nitrogens with one attached hydrogen (secondary N) is 1. The number of anilines is 1. The Balaban J connectivity index is 1.59. The fourth-order valence-electron chi connectivity index (χ4n) is 3.39. The predicted molar refractivity (Wildman–Crippen MR) is 87.1 cm³/mol. The third-order valence-corrected chi connectivity index (χ3v) is 4.73. The van der Waals surface area contributed by atoms with E-state index in [1.165, 1.54) is 44.9 Å². The molecule has 0 unspecified atom stereocenters. The number of aromatic nitrogens is 2. The van der Waals surface area contributed by atoms with Crippen molar-refractivity contribution in [1.82, 2.24) is 15.3 Å².